The minimum atomic E-state index is -2.00. The number of unbranched alkanes of at least 4 members (excludes halogenated alkanes) is 6. The molecule has 0 aliphatic heterocycles. The third-order valence-electron chi connectivity index (χ3n) is 5.90. The summed E-state index contributed by atoms with van der Waals surface area (Å²) < 4.78 is 11.1. The molecule has 0 saturated carbocycles. The first-order valence-corrected chi connectivity index (χ1v) is 14.6. The van der Waals surface area contributed by atoms with E-state index in [9.17, 15) is 9.59 Å². The molecular formula is C25H46O4Si. The van der Waals surface area contributed by atoms with Crippen molar-refractivity contribution >= 4 is 20.1 Å². The Labute approximate surface area is 186 Å². The van der Waals surface area contributed by atoms with Crippen molar-refractivity contribution in [3.05, 3.63) is 24.3 Å². The molecule has 0 bridgehead atoms. The Bertz CT molecular complexity index is 544. The second-order valence-electron chi connectivity index (χ2n) is 9.59. The van der Waals surface area contributed by atoms with E-state index in [0.717, 1.165) is 32.1 Å². The number of carbonyl (C=O) groups excluding carboxylic acids is 2. The Morgan fingerprint density at radius 3 is 2.20 bits per heavy atom. The molecule has 0 fully saturated rings. The van der Waals surface area contributed by atoms with Gasteiger partial charge in [0.25, 0.3) is 0 Å². The van der Waals surface area contributed by atoms with Gasteiger partial charge in [-0.15, -0.1) is 0 Å². The third kappa shape index (κ3) is 13.2. The first-order valence-electron chi connectivity index (χ1n) is 11.7. The van der Waals surface area contributed by atoms with Crippen LogP contribution < -0.4 is 0 Å². The number of hydrogen-bond acceptors (Lipinski definition) is 4. The molecule has 0 aliphatic carbocycles. The van der Waals surface area contributed by atoms with Crippen molar-refractivity contribution in [3.63, 3.8) is 0 Å². The fourth-order valence-electron chi connectivity index (χ4n) is 2.86. The standard InChI is InChI=1S/C25H46O4Si/c1-8-9-10-11-13-16-19-22(26)23(29-30(6,7)25(2,3)4)20-17-14-12-15-18-21-24(27)28-5/h12,15,18,21,23H,8-11,13-14,16-17,19-20H2,1-7H3. The number of carbonyl (C=O) groups is 2. The van der Waals surface area contributed by atoms with Gasteiger partial charge in [-0.3, -0.25) is 4.79 Å². The quantitative estimate of drug-likeness (QED) is 0.0844. The largest absolute Gasteiger partial charge is 0.466 e. The second-order valence-corrected chi connectivity index (χ2v) is 14.3. The summed E-state index contributed by atoms with van der Waals surface area (Å²) in [5, 5.41) is 0.0876. The summed E-state index contributed by atoms with van der Waals surface area (Å²) >= 11 is 0. The number of hydrogen-bond donors (Lipinski definition) is 0. The number of methoxy groups -OCH3 is 1. The summed E-state index contributed by atoms with van der Waals surface area (Å²) in [7, 11) is -0.633. The predicted octanol–water partition coefficient (Wildman–Crippen LogP) is 7.15. The molecular weight excluding hydrogens is 392 g/mol. The lowest BCUT2D eigenvalue weighted by molar-refractivity contribution is -0.134. The molecule has 4 nitrogen and oxygen atoms in total. The van der Waals surface area contributed by atoms with E-state index in [1.165, 1.54) is 38.9 Å². The highest BCUT2D eigenvalue weighted by Gasteiger charge is 2.40. The Balaban J connectivity index is 4.68. The van der Waals surface area contributed by atoms with Gasteiger partial charge < -0.3 is 9.16 Å². The van der Waals surface area contributed by atoms with Gasteiger partial charge in [-0.25, -0.2) is 4.79 Å². The number of Topliss-reactive ketones (excluding diaryl/α,β-unsaturated/α-hetero) is 1. The van der Waals surface area contributed by atoms with Gasteiger partial charge in [0.2, 0.25) is 0 Å². The van der Waals surface area contributed by atoms with Gasteiger partial charge in [0.1, 0.15) is 6.10 Å². The van der Waals surface area contributed by atoms with E-state index < -0.39 is 8.32 Å². The van der Waals surface area contributed by atoms with Gasteiger partial charge in [-0.1, -0.05) is 78.0 Å². The highest BCUT2D eigenvalue weighted by Crippen LogP contribution is 2.38. The molecule has 0 spiro atoms. The van der Waals surface area contributed by atoms with Crippen molar-refractivity contribution in [2.24, 2.45) is 0 Å². The first-order chi connectivity index (χ1) is 14.0. The number of ether oxygens (including phenoxy) is 1. The molecule has 0 radical (unpaired) electrons. The lowest BCUT2D eigenvalue weighted by Gasteiger charge is -2.39. The van der Waals surface area contributed by atoms with Crippen molar-refractivity contribution in [1.29, 1.82) is 0 Å². The summed E-state index contributed by atoms with van der Waals surface area (Å²) in [6.45, 7) is 13.3. The molecule has 0 aromatic carbocycles. The highest BCUT2D eigenvalue weighted by atomic mass is 28.4. The molecule has 1 unspecified atom stereocenters. The molecule has 0 saturated heterocycles. The maximum atomic E-state index is 12.9. The van der Waals surface area contributed by atoms with Crippen molar-refractivity contribution in [2.45, 2.75) is 116 Å². The lowest BCUT2D eigenvalue weighted by Crippen LogP contribution is -2.46. The molecule has 30 heavy (non-hydrogen) atoms. The summed E-state index contributed by atoms with van der Waals surface area (Å²) in [6, 6.07) is 0. The van der Waals surface area contributed by atoms with E-state index >= 15 is 0 Å². The van der Waals surface area contributed by atoms with E-state index in [0.29, 0.717) is 6.42 Å². The summed E-state index contributed by atoms with van der Waals surface area (Å²) in [5.41, 5.74) is 0. The molecule has 0 N–H and O–H groups in total. The molecule has 0 aromatic heterocycles. The van der Waals surface area contributed by atoms with Crippen LogP contribution in [0.2, 0.25) is 18.1 Å². The molecule has 5 heteroatoms. The van der Waals surface area contributed by atoms with Gasteiger partial charge in [0.05, 0.1) is 7.11 Å². The Morgan fingerprint density at radius 1 is 0.967 bits per heavy atom. The monoisotopic (exact) mass is 438 g/mol. The van der Waals surface area contributed by atoms with Crippen molar-refractivity contribution < 1.29 is 18.8 Å². The van der Waals surface area contributed by atoms with E-state index in [1.807, 2.05) is 12.2 Å². The highest BCUT2D eigenvalue weighted by molar-refractivity contribution is 6.74. The van der Waals surface area contributed by atoms with Gasteiger partial charge in [0, 0.05) is 12.5 Å². The zero-order valence-electron chi connectivity index (χ0n) is 20.6. The second kappa shape index (κ2) is 15.6. The Morgan fingerprint density at radius 2 is 1.60 bits per heavy atom. The average Bonchev–Trinajstić information content (AvgIpc) is 2.67. The van der Waals surface area contributed by atoms with Crippen LogP contribution in [0.15, 0.2) is 24.3 Å². The zero-order valence-corrected chi connectivity index (χ0v) is 21.6. The zero-order chi connectivity index (χ0) is 23.0. The Kier molecular flexibility index (Phi) is 15.0. The van der Waals surface area contributed by atoms with E-state index in [1.54, 1.807) is 6.08 Å². The van der Waals surface area contributed by atoms with Crippen molar-refractivity contribution in [1.82, 2.24) is 0 Å². The van der Waals surface area contributed by atoms with Gasteiger partial charge in [0.15, 0.2) is 14.1 Å². The smallest absolute Gasteiger partial charge is 0.330 e. The summed E-state index contributed by atoms with van der Waals surface area (Å²) in [5.74, 6) is -0.0901. The van der Waals surface area contributed by atoms with Crippen LogP contribution in [0.5, 0.6) is 0 Å². The fourth-order valence-corrected chi connectivity index (χ4v) is 4.17. The van der Waals surface area contributed by atoms with Crippen LogP contribution in [0.3, 0.4) is 0 Å². The SMILES string of the molecule is CCCCCCCCC(=O)C(CCCC=CC=CC(=O)OC)O[Si](C)(C)C(C)(C)C. The van der Waals surface area contributed by atoms with Crippen LogP contribution in [0.4, 0.5) is 0 Å². The Hall–Kier alpha value is -1.20. The molecule has 0 aliphatic rings. The van der Waals surface area contributed by atoms with Crippen LogP contribution >= 0.6 is 0 Å². The first kappa shape index (κ1) is 28.8. The number of esters is 1. The van der Waals surface area contributed by atoms with Crippen molar-refractivity contribution in [3.8, 4) is 0 Å². The van der Waals surface area contributed by atoms with Crippen molar-refractivity contribution in [2.75, 3.05) is 7.11 Å². The molecule has 0 amide bonds. The van der Waals surface area contributed by atoms with Crippen LogP contribution in [0, 0.1) is 0 Å². The maximum absolute atomic E-state index is 12.9. The predicted molar refractivity (Wildman–Crippen MR) is 129 cm³/mol. The van der Waals surface area contributed by atoms with Crippen LogP contribution in [0.25, 0.3) is 0 Å². The van der Waals surface area contributed by atoms with Gasteiger partial charge >= 0.3 is 5.97 Å². The van der Waals surface area contributed by atoms with Crippen LogP contribution in [0.1, 0.15) is 91.9 Å². The molecule has 174 valence electrons. The third-order valence-corrected chi connectivity index (χ3v) is 10.4. The number of allylic oxidation sites excluding steroid dienone is 3. The minimum Gasteiger partial charge on any atom is -0.466 e. The average molecular weight is 439 g/mol. The topological polar surface area (TPSA) is 52.6 Å². The fraction of sp³-hybridized carbons (Fsp3) is 0.760. The van der Waals surface area contributed by atoms with E-state index in [-0.39, 0.29) is 22.9 Å². The summed E-state index contributed by atoms with van der Waals surface area (Å²) in [4.78, 5) is 24.0. The van der Waals surface area contributed by atoms with E-state index in [2.05, 4.69) is 45.5 Å². The normalized spacial score (nSPS) is 13.8. The lowest BCUT2D eigenvalue weighted by atomic mass is 10.0. The summed E-state index contributed by atoms with van der Waals surface area (Å²) in [6.07, 6.45) is 16.9. The van der Waals surface area contributed by atoms with Gasteiger partial charge in [-0.2, -0.15) is 0 Å². The maximum Gasteiger partial charge on any atom is 0.330 e. The minimum absolute atomic E-state index is 0.0876. The van der Waals surface area contributed by atoms with Crippen LogP contribution in [-0.2, 0) is 18.8 Å². The number of rotatable bonds is 16. The number of ketones is 1. The van der Waals surface area contributed by atoms with Crippen LogP contribution in [-0.4, -0.2) is 33.3 Å². The molecule has 1 atom stereocenters. The molecule has 0 rings (SSSR count). The molecule has 0 heterocycles. The van der Waals surface area contributed by atoms with E-state index in [4.69, 9.17) is 4.43 Å². The van der Waals surface area contributed by atoms with Gasteiger partial charge in [-0.05, 0) is 43.8 Å². The molecule has 0 aromatic rings.